The zero-order valence-electron chi connectivity index (χ0n) is 17.5. The van der Waals surface area contributed by atoms with Gasteiger partial charge in [-0.3, -0.25) is 0 Å². The highest BCUT2D eigenvalue weighted by molar-refractivity contribution is 5.28. The molecule has 1 aliphatic rings. The van der Waals surface area contributed by atoms with Gasteiger partial charge in [0.1, 0.15) is 37.7 Å². The van der Waals surface area contributed by atoms with Crippen LogP contribution in [0.4, 0.5) is 4.39 Å². The molecule has 2 heterocycles. The Balaban J connectivity index is 1.64. The number of tetrazole rings is 1. The molecule has 2 N–H and O–H groups in total. The van der Waals surface area contributed by atoms with Crippen molar-refractivity contribution in [2.24, 2.45) is 0 Å². The molecular weight excluding hydrogens is 383 g/mol. The van der Waals surface area contributed by atoms with E-state index in [1.807, 2.05) is 41.1 Å². The molecule has 0 radical (unpaired) electrons. The Kier molecular flexibility index (Phi) is 6.35. The van der Waals surface area contributed by atoms with Gasteiger partial charge in [0.05, 0.1) is 20.2 Å². The van der Waals surface area contributed by atoms with Gasteiger partial charge in [0.2, 0.25) is 5.82 Å². The molecule has 0 saturated carbocycles. The quantitative estimate of drug-likeness (QED) is 0.563. The fourth-order valence-electron chi connectivity index (χ4n) is 4.22. The van der Waals surface area contributed by atoms with Gasteiger partial charge in [-0.25, -0.2) is 9.07 Å². The number of halogens is 1. The van der Waals surface area contributed by atoms with Crippen LogP contribution in [-0.2, 0) is 6.54 Å². The highest BCUT2D eigenvalue weighted by Crippen LogP contribution is 2.19. The van der Waals surface area contributed by atoms with Crippen molar-refractivity contribution in [3.05, 3.63) is 71.3 Å². The monoisotopic (exact) mass is 412 g/mol. The molecule has 1 saturated heterocycles. The number of likely N-dealkylation sites (N-methyl/N-ethyl adjacent to an activating group) is 1. The van der Waals surface area contributed by atoms with Crippen molar-refractivity contribution in [3.8, 4) is 5.75 Å². The van der Waals surface area contributed by atoms with E-state index in [4.69, 9.17) is 4.74 Å². The fraction of sp³-hybridized carbons (Fsp3) is 0.409. The zero-order valence-corrected chi connectivity index (χ0v) is 17.5. The first kappa shape index (κ1) is 20.4. The molecule has 1 atom stereocenters. The second kappa shape index (κ2) is 9.32. The van der Waals surface area contributed by atoms with Crippen LogP contribution in [0.3, 0.4) is 0 Å². The summed E-state index contributed by atoms with van der Waals surface area (Å²) >= 11 is 0. The third-order valence-electron chi connectivity index (χ3n) is 6.02. The van der Waals surface area contributed by atoms with Crippen molar-refractivity contribution in [2.45, 2.75) is 19.5 Å². The number of quaternary nitrogens is 2. The molecule has 8 heteroatoms. The van der Waals surface area contributed by atoms with E-state index in [0.29, 0.717) is 6.54 Å². The molecule has 0 spiro atoms. The Morgan fingerprint density at radius 1 is 1.03 bits per heavy atom. The molecular formula is C22H29FN6O+2. The maximum atomic E-state index is 13.6. The van der Waals surface area contributed by atoms with Crippen molar-refractivity contribution in [3.63, 3.8) is 0 Å². The zero-order chi connectivity index (χ0) is 20.9. The molecule has 1 fully saturated rings. The number of piperazine rings is 1. The van der Waals surface area contributed by atoms with Crippen LogP contribution >= 0.6 is 0 Å². The van der Waals surface area contributed by atoms with Gasteiger partial charge in [0.25, 0.3) is 0 Å². The predicted molar refractivity (Wildman–Crippen MR) is 110 cm³/mol. The van der Waals surface area contributed by atoms with E-state index in [1.54, 1.807) is 12.0 Å². The number of methoxy groups -OCH3 is 1. The van der Waals surface area contributed by atoms with E-state index in [2.05, 4.69) is 22.4 Å². The molecule has 4 rings (SSSR count). The van der Waals surface area contributed by atoms with Gasteiger partial charge in [0, 0.05) is 5.56 Å². The SMILES string of the molecule is CC[NH+]1CC[NH+]([C@H](c2ccc(F)cc2)c2nnnn2Cc2ccc(OC)cc2)CC1. The van der Waals surface area contributed by atoms with Crippen LogP contribution in [0.5, 0.6) is 5.75 Å². The van der Waals surface area contributed by atoms with Gasteiger partial charge in [-0.1, -0.05) is 12.1 Å². The summed E-state index contributed by atoms with van der Waals surface area (Å²) in [5.74, 6) is 1.40. The highest BCUT2D eigenvalue weighted by atomic mass is 19.1. The van der Waals surface area contributed by atoms with Crippen molar-refractivity contribution >= 4 is 0 Å². The smallest absolute Gasteiger partial charge is 0.214 e. The van der Waals surface area contributed by atoms with Crippen LogP contribution in [0.2, 0.25) is 0 Å². The topological polar surface area (TPSA) is 61.7 Å². The Morgan fingerprint density at radius 3 is 2.37 bits per heavy atom. The fourth-order valence-corrected chi connectivity index (χ4v) is 4.22. The molecule has 0 aliphatic carbocycles. The maximum Gasteiger partial charge on any atom is 0.214 e. The van der Waals surface area contributed by atoms with Crippen LogP contribution in [0, 0.1) is 5.82 Å². The van der Waals surface area contributed by atoms with Gasteiger partial charge in [-0.05, 0) is 59.3 Å². The number of rotatable bonds is 7. The largest absolute Gasteiger partial charge is 0.497 e. The Hall–Kier alpha value is -2.84. The minimum atomic E-state index is -0.231. The third kappa shape index (κ3) is 4.49. The van der Waals surface area contributed by atoms with E-state index < -0.39 is 0 Å². The Labute approximate surface area is 176 Å². The van der Waals surface area contributed by atoms with Gasteiger partial charge in [-0.15, -0.1) is 5.10 Å². The number of benzene rings is 2. The van der Waals surface area contributed by atoms with Crippen molar-refractivity contribution in [1.82, 2.24) is 20.2 Å². The molecule has 30 heavy (non-hydrogen) atoms. The van der Waals surface area contributed by atoms with Crippen LogP contribution < -0.4 is 14.5 Å². The summed E-state index contributed by atoms with van der Waals surface area (Å²) in [4.78, 5) is 3.04. The molecule has 0 amide bonds. The minimum absolute atomic E-state index is 0.0303. The Bertz CT molecular complexity index is 935. The van der Waals surface area contributed by atoms with Crippen LogP contribution in [0.1, 0.15) is 29.9 Å². The standard InChI is InChI=1S/C22H27FN6O/c1-3-27-12-14-28(15-13-27)21(18-6-8-19(23)9-7-18)22-24-25-26-29(22)16-17-4-10-20(30-2)11-5-17/h4-11,21H,3,12-16H2,1-2H3/p+2/t21-/m1/s1. The van der Waals surface area contributed by atoms with E-state index in [1.165, 1.54) is 17.0 Å². The summed E-state index contributed by atoms with van der Waals surface area (Å²) in [6, 6.07) is 14.7. The second-order valence-electron chi connectivity index (χ2n) is 7.79. The van der Waals surface area contributed by atoms with Crippen molar-refractivity contribution in [2.75, 3.05) is 39.8 Å². The number of nitrogens with one attached hydrogen (secondary N) is 2. The third-order valence-corrected chi connectivity index (χ3v) is 6.02. The molecule has 2 aromatic carbocycles. The van der Waals surface area contributed by atoms with Gasteiger partial charge < -0.3 is 14.5 Å². The molecule has 0 unspecified atom stereocenters. The minimum Gasteiger partial charge on any atom is -0.497 e. The first-order chi connectivity index (χ1) is 14.7. The van der Waals surface area contributed by atoms with Crippen LogP contribution in [-0.4, -0.2) is 60.0 Å². The number of ether oxygens (including phenoxy) is 1. The molecule has 7 nitrogen and oxygen atoms in total. The molecule has 0 bridgehead atoms. The summed E-state index contributed by atoms with van der Waals surface area (Å²) in [6.45, 7) is 8.23. The summed E-state index contributed by atoms with van der Waals surface area (Å²) < 4.78 is 20.7. The van der Waals surface area contributed by atoms with E-state index in [-0.39, 0.29) is 11.9 Å². The predicted octanol–water partition coefficient (Wildman–Crippen LogP) is -0.238. The lowest BCUT2D eigenvalue weighted by molar-refractivity contribution is -1.02. The number of hydrogen-bond donors (Lipinski definition) is 2. The summed E-state index contributed by atoms with van der Waals surface area (Å²) in [7, 11) is 1.66. The summed E-state index contributed by atoms with van der Waals surface area (Å²) in [5.41, 5.74) is 2.13. The number of hydrogen-bond acceptors (Lipinski definition) is 4. The lowest BCUT2D eigenvalue weighted by Crippen LogP contribution is -3.28. The van der Waals surface area contributed by atoms with Crippen LogP contribution in [0.25, 0.3) is 0 Å². The second-order valence-corrected chi connectivity index (χ2v) is 7.79. The first-order valence-corrected chi connectivity index (χ1v) is 10.5. The van der Waals surface area contributed by atoms with Gasteiger partial charge >= 0.3 is 0 Å². The highest BCUT2D eigenvalue weighted by Gasteiger charge is 2.35. The first-order valence-electron chi connectivity index (χ1n) is 10.5. The maximum absolute atomic E-state index is 13.6. The van der Waals surface area contributed by atoms with E-state index >= 15 is 0 Å². The lowest BCUT2D eigenvalue weighted by atomic mass is 10.0. The molecule has 158 valence electrons. The normalized spacial score (nSPS) is 20.1. The van der Waals surface area contributed by atoms with Gasteiger partial charge in [0.15, 0.2) is 6.04 Å². The van der Waals surface area contributed by atoms with Gasteiger partial charge in [-0.2, -0.15) is 0 Å². The number of aromatic nitrogens is 4. The van der Waals surface area contributed by atoms with Crippen molar-refractivity contribution in [1.29, 1.82) is 0 Å². The van der Waals surface area contributed by atoms with Crippen molar-refractivity contribution < 1.29 is 18.9 Å². The molecule has 3 aromatic rings. The Morgan fingerprint density at radius 2 is 1.73 bits per heavy atom. The number of nitrogens with zero attached hydrogens (tertiary/aromatic N) is 4. The van der Waals surface area contributed by atoms with Crippen LogP contribution in [0.15, 0.2) is 48.5 Å². The average Bonchev–Trinajstić information content (AvgIpc) is 3.24. The summed E-state index contributed by atoms with van der Waals surface area (Å²) in [5, 5.41) is 12.7. The van der Waals surface area contributed by atoms with E-state index in [0.717, 1.165) is 55.4 Å². The average molecular weight is 413 g/mol. The summed E-state index contributed by atoms with van der Waals surface area (Å²) in [6.07, 6.45) is 0. The molecule has 1 aromatic heterocycles. The van der Waals surface area contributed by atoms with E-state index in [9.17, 15) is 4.39 Å². The molecule has 1 aliphatic heterocycles. The lowest BCUT2D eigenvalue weighted by Gasteiger charge is -2.33.